The van der Waals surface area contributed by atoms with E-state index in [1.54, 1.807) is 17.0 Å². The summed E-state index contributed by atoms with van der Waals surface area (Å²) in [4.78, 5) is 20.5. The van der Waals surface area contributed by atoms with Crippen molar-refractivity contribution in [2.24, 2.45) is 12.8 Å². The monoisotopic (exact) mass is 331 g/mol. The van der Waals surface area contributed by atoms with Gasteiger partial charge in [0.05, 0.1) is 11.2 Å². The molecule has 0 aliphatic rings. The summed E-state index contributed by atoms with van der Waals surface area (Å²) in [6.07, 6.45) is 3.54. The maximum Gasteiger partial charge on any atom is 0.265 e. The van der Waals surface area contributed by atoms with Crippen LogP contribution >= 0.6 is 0 Å². The third kappa shape index (κ3) is 2.39. The van der Waals surface area contributed by atoms with Crippen LogP contribution in [0.5, 0.6) is 0 Å². The molecule has 3 heterocycles. The van der Waals surface area contributed by atoms with Gasteiger partial charge in [0.15, 0.2) is 0 Å². The fourth-order valence-electron chi connectivity index (χ4n) is 3.17. The molecule has 0 atom stereocenters. The number of rotatable bonds is 3. The lowest BCUT2D eigenvalue weighted by Crippen LogP contribution is -2.14. The molecule has 3 aromatic heterocycles. The highest BCUT2D eigenvalue weighted by atomic mass is 16.1. The van der Waals surface area contributed by atoms with E-state index in [9.17, 15) is 4.79 Å². The van der Waals surface area contributed by atoms with Gasteiger partial charge in [-0.2, -0.15) is 0 Å². The average molecular weight is 331 g/mol. The number of aryl methyl sites for hydroxylation is 1. The molecule has 25 heavy (non-hydrogen) atoms. The van der Waals surface area contributed by atoms with Crippen molar-refractivity contribution >= 4 is 33.4 Å². The van der Waals surface area contributed by atoms with Gasteiger partial charge < -0.3 is 15.6 Å². The minimum absolute atomic E-state index is 0.436. The van der Waals surface area contributed by atoms with Crippen molar-refractivity contribution in [1.82, 2.24) is 14.5 Å². The molecule has 0 fully saturated rings. The predicted octanol–water partition coefficient (Wildman–Crippen LogP) is 2.93. The lowest BCUT2D eigenvalue weighted by atomic mass is 10.1. The third-order valence-electron chi connectivity index (χ3n) is 4.47. The lowest BCUT2D eigenvalue weighted by Gasteiger charge is -2.09. The van der Waals surface area contributed by atoms with Crippen LogP contribution in [0.15, 0.2) is 48.8 Å². The van der Waals surface area contributed by atoms with Crippen molar-refractivity contribution in [3.63, 3.8) is 0 Å². The van der Waals surface area contributed by atoms with Gasteiger partial charge in [0.1, 0.15) is 5.69 Å². The Morgan fingerprint density at radius 3 is 2.80 bits per heavy atom. The molecule has 0 saturated heterocycles. The molecule has 0 aliphatic heterocycles. The van der Waals surface area contributed by atoms with Crippen LogP contribution in [0.2, 0.25) is 0 Å². The number of hydrogen-bond acceptors (Lipinski definition) is 4. The zero-order valence-electron chi connectivity index (χ0n) is 13.9. The molecule has 6 nitrogen and oxygen atoms in total. The van der Waals surface area contributed by atoms with Crippen LogP contribution < -0.4 is 11.1 Å². The van der Waals surface area contributed by atoms with Gasteiger partial charge in [-0.1, -0.05) is 6.07 Å². The molecule has 3 N–H and O–H groups in total. The van der Waals surface area contributed by atoms with Crippen LogP contribution in [-0.2, 0) is 7.05 Å². The second kappa shape index (κ2) is 5.59. The number of benzene rings is 1. The first kappa shape index (κ1) is 15.1. The third-order valence-corrected chi connectivity index (χ3v) is 4.47. The molecular formula is C19H17N5O. The number of fused-ring (bicyclic) bond motifs is 2. The highest BCUT2D eigenvalue weighted by Gasteiger charge is 2.12. The minimum Gasteiger partial charge on any atom is -0.387 e. The van der Waals surface area contributed by atoms with Crippen LogP contribution in [0, 0.1) is 0 Å². The number of nitrogens with one attached hydrogen (secondary N) is 1. The zero-order chi connectivity index (χ0) is 17.6. The van der Waals surface area contributed by atoms with E-state index in [4.69, 9.17) is 10.7 Å². The van der Waals surface area contributed by atoms with Crippen molar-refractivity contribution in [2.45, 2.75) is 0 Å². The molecule has 4 aromatic rings. The first-order chi connectivity index (χ1) is 12.1. The van der Waals surface area contributed by atoms with Crippen LogP contribution in [0.1, 0.15) is 10.5 Å². The summed E-state index contributed by atoms with van der Waals surface area (Å²) in [5, 5.41) is 5.13. The van der Waals surface area contributed by atoms with E-state index < -0.39 is 5.91 Å². The number of carbonyl (C=O) groups is 1. The number of anilines is 1. The Balaban J connectivity index is 1.92. The molecule has 0 spiro atoms. The van der Waals surface area contributed by atoms with Gasteiger partial charge in [-0.3, -0.25) is 9.78 Å². The van der Waals surface area contributed by atoms with Gasteiger partial charge in [0.25, 0.3) is 5.91 Å². The number of amides is 1. The molecule has 1 amide bonds. The number of hydrogen-bond donors (Lipinski definition) is 2. The van der Waals surface area contributed by atoms with Crippen molar-refractivity contribution in [3.8, 4) is 11.3 Å². The predicted molar refractivity (Wildman–Crippen MR) is 99.5 cm³/mol. The number of nitrogens with two attached hydrogens (primary N) is 1. The molecule has 0 radical (unpaired) electrons. The van der Waals surface area contributed by atoms with Crippen LogP contribution in [0.4, 0.5) is 5.69 Å². The Morgan fingerprint density at radius 2 is 2.04 bits per heavy atom. The maximum absolute atomic E-state index is 11.6. The molecule has 6 heteroatoms. The number of pyridine rings is 2. The molecule has 0 bridgehead atoms. The largest absolute Gasteiger partial charge is 0.387 e. The summed E-state index contributed by atoms with van der Waals surface area (Å²) in [5.41, 5.74) is 10.6. The van der Waals surface area contributed by atoms with Gasteiger partial charge >= 0.3 is 0 Å². The SMILES string of the molecule is CNc1cc(-c2ccc3c(c2)cc(C(N)=O)n3C)nc2ccncc12. The first-order valence-electron chi connectivity index (χ1n) is 7.90. The van der Waals surface area contributed by atoms with Crippen LogP contribution in [-0.4, -0.2) is 27.5 Å². The summed E-state index contributed by atoms with van der Waals surface area (Å²) >= 11 is 0. The van der Waals surface area contributed by atoms with E-state index in [0.29, 0.717) is 5.69 Å². The fraction of sp³-hybridized carbons (Fsp3) is 0.105. The molecular weight excluding hydrogens is 314 g/mol. The first-order valence-corrected chi connectivity index (χ1v) is 7.90. The number of carbonyl (C=O) groups excluding carboxylic acids is 1. The number of nitrogens with zero attached hydrogens (tertiary/aromatic N) is 3. The summed E-state index contributed by atoms with van der Waals surface area (Å²) < 4.78 is 1.81. The second-order valence-electron chi connectivity index (χ2n) is 5.92. The van der Waals surface area contributed by atoms with Crippen molar-refractivity contribution < 1.29 is 4.79 Å². The van der Waals surface area contributed by atoms with Crippen LogP contribution in [0.25, 0.3) is 33.1 Å². The molecule has 4 rings (SSSR count). The van der Waals surface area contributed by atoms with Crippen molar-refractivity contribution in [1.29, 1.82) is 0 Å². The van der Waals surface area contributed by atoms with E-state index in [1.165, 1.54) is 0 Å². The summed E-state index contributed by atoms with van der Waals surface area (Å²) in [6, 6.07) is 11.7. The molecule has 0 unspecified atom stereocenters. The van der Waals surface area contributed by atoms with Gasteiger partial charge in [-0.15, -0.1) is 0 Å². The summed E-state index contributed by atoms with van der Waals surface area (Å²) in [5.74, 6) is -0.436. The lowest BCUT2D eigenvalue weighted by molar-refractivity contribution is 0.0993. The quantitative estimate of drug-likeness (QED) is 0.604. The maximum atomic E-state index is 11.6. The standard InChI is InChI=1S/C19H17N5O/c1-21-16-9-15(23-14-5-6-22-10-13(14)16)11-3-4-17-12(7-11)8-18(19(20)25)24(17)2/h3-10H,1-2H3,(H2,20,25)(H,21,23). The van der Waals surface area contributed by atoms with Gasteiger partial charge in [0.2, 0.25) is 0 Å². The highest BCUT2D eigenvalue weighted by Crippen LogP contribution is 2.30. The molecule has 0 saturated carbocycles. The van der Waals surface area contributed by atoms with Gasteiger partial charge in [-0.05, 0) is 30.3 Å². The summed E-state index contributed by atoms with van der Waals surface area (Å²) in [7, 11) is 3.72. The Morgan fingerprint density at radius 1 is 1.20 bits per heavy atom. The van der Waals surface area contributed by atoms with Gasteiger partial charge in [0, 0.05) is 54.0 Å². The Hall–Kier alpha value is -3.41. The molecule has 124 valence electrons. The van der Waals surface area contributed by atoms with Crippen molar-refractivity contribution in [3.05, 3.63) is 54.5 Å². The van der Waals surface area contributed by atoms with Crippen LogP contribution in [0.3, 0.4) is 0 Å². The number of aromatic nitrogens is 3. The Bertz CT molecular complexity index is 1130. The normalized spacial score (nSPS) is 11.1. The van der Waals surface area contributed by atoms with E-state index >= 15 is 0 Å². The average Bonchev–Trinajstić information content (AvgIpc) is 2.97. The van der Waals surface area contributed by atoms with E-state index in [0.717, 1.165) is 38.8 Å². The summed E-state index contributed by atoms with van der Waals surface area (Å²) in [6.45, 7) is 0. The molecule has 1 aromatic carbocycles. The topological polar surface area (TPSA) is 85.8 Å². The Kier molecular flexibility index (Phi) is 3.39. The molecule has 0 aliphatic carbocycles. The zero-order valence-corrected chi connectivity index (χ0v) is 13.9. The smallest absolute Gasteiger partial charge is 0.265 e. The van der Waals surface area contributed by atoms with Gasteiger partial charge in [-0.25, -0.2) is 4.98 Å². The van der Waals surface area contributed by atoms with E-state index in [-0.39, 0.29) is 0 Å². The minimum atomic E-state index is -0.436. The highest BCUT2D eigenvalue weighted by molar-refractivity contribution is 5.99. The van der Waals surface area contributed by atoms with E-state index in [1.807, 2.05) is 50.5 Å². The van der Waals surface area contributed by atoms with E-state index in [2.05, 4.69) is 10.3 Å². The fourth-order valence-corrected chi connectivity index (χ4v) is 3.17. The second-order valence-corrected chi connectivity index (χ2v) is 5.92. The Labute approximate surface area is 144 Å². The number of primary amides is 1. The van der Waals surface area contributed by atoms with Crippen molar-refractivity contribution in [2.75, 3.05) is 12.4 Å².